The molecule has 0 aliphatic heterocycles. The van der Waals surface area contributed by atoms with E-state index < -0.39 is 11.8 Å². The number of nitrogens with one attached hydrogen (secondary N) is 1. The second-order valence-electron chi connectivity index (χ2n) is 3.29. The predicted octanol–water partition coefficient (Wildman–Crippen LogP) is 1.92. The van der Waals surface area contributed by atoms with E-state index in [4.69, 9.17) is 9.84 Å². The molecule has 2 aromatic rings. The largest absolute Gasteiger partial charge is 0.493 e. The van der Waals surface area contributed by atoms with Gasteiger partial charge in [0.15, 0.2) is 11.6 Å². The summed E-state index contributed by atoms with van der Waals surface area (Å²) in [6.07, 6.45) is 0. The highest BCUT2D eigenvalue weighted by Crippen LogP contribution is 2.31. The van der Waals surface area contributed by atoms with Crippen molar-refractivity contribution in [3.05, 3.63) is 35.8 Å². The first-order valence-corrected chi connectivity index (χ1v) is 4.75. The van der Waals surface area contributed by atoms with Gasteiger partial charge in [0.2, 0.25) is 0 Å². The molecular weight excluding hydrogens is 227 g/mol. The number of hydrogen-bond donors (Lipinski definition) is 2. The molecule has 2 N–H and O–H groups in total. The molecular formula is C11H9FN2O3. The summed E-state index contributed by atoms with van der Waals surface area (Å²) >= 11 is 0. The van der Waals surface area contributed by atoms with Crippen LogP contribution in [0.3, 0.4) is 0 Å². The van der Waals surface area contributed by atoms with Crippen LogP contribution in [-0.4, -0.2) is 28.4 Å². The Morgan fingerprint density at radius 3 is 2.88 bits per heavy atom. The van der Waals surface area contributed by atoms with Gasteiger partial charge >= 0.3 is 5.97 Å². The lowest BCUT2D eigenvalue weighted by Gasteiger charge is -2.06. The van der Waals surface area contributed by atoms with Crippen molar-refractivity contribution < 1.29 is 19.0 Å². The molecule has 88 valence electrons. The van der Waals surface area contributed by atoms with Gasteiger partial charge in [0.25, 0.3) is 0 Å². The molecule has 0 aliphatic carbocycles. The smallest absolute Gasteiger partial charge is 0.353 e. The van der Waals surface area contributed by atoms with Crippen molar-refractivity contribution in [1.29, 1.82) is 0 Å². The zero-order valence-electron chi connectivity index (χ0n) is 8.90. The van der Waals surface area contributed by atoms with Crippen LogP contribution in [0, 0.1) is 5.82 Å². The molecule has 0 radical (unpaired) electrons. The Bertz CT molecular complexity index is 566. The number of aromatic nitrogens is 2. The molecule has 0 spiro atoms. The number of rotatable bonds is 3. The van der Waals surface area contributed by atoms with Gasteiger partial charge < -0.3 is 9.84 Å². The van der Waals surface area contributed by atoms with Gasteiger partial charge in [-0.1, -0.05) is 6.07 Å². The fraction of sp³-hybridized carbons (Fsp3) is 0.0909. The Labute approximate surface area is 95.9 Å². The van der Waals surface area contributed by atoms with Crippen LogP contribution in [0.4, 0.5) is 4.39 Å². The summed E-state index contributed by atoms with van der Waals surface area (Å²) in [5, 5.41) is 14.9. The maximum atomic E-state index is 13.4. The highest BCUT2D eigenvalue weighted by molar-refractivity contribution is 5.87. The van der Waals surface area contributed by atoms with E-state index >= 15 is 0 Å². The second kappa shape index (κ2) is 4.25. The van der Waals surface area contributed by atoms with Crippen molar-refractivity contribution in [2.45, 2.75) is 0 Å². The zero-order valence-corrected chi connectivity index (χ0v) is 8.90. The van der Waals surface area contributed by atoms with Gasteiger partial charge in [-0.05, 0) is 18.2 Å². The lowest BCUT2D eigenvalue weighted by molar-refractivity contribution is 0.0690. The summed E-state index contributed by atoms with van der Waals surface area (Å²) in [7, 11) is 1.34. The lowest BCUT2D eigenvalue weighted by Crippen LogP contribution is -1.95. The lowest BCUT2D eigenvalue weighted by atomic mass is 10.1. The molecule has 6 heteroatoms. The number of ether oxygens (including phenoxy) is 1. The molecule has 17 heavy (non-hydrogen) atoms. The molecule has 1 aromatic heterocycles. The van der Waals surface area contributed by atoms with Gasteiger partial charge in [0.1, 0.15) is 5.69 Å². The van der Waals surface area contributed by atoms with E-state index in [0.717, 1.165) is 0 Å². The minimum Gasteiger partial charge on any atom is -0.493 e. The van der Waals surface area contributed by atoms with E-state index in [0.29, 0.717) is 11.3 Å². The van der Waals surface area contributed by atoms with Crippen molar-refractivity contribution in [2.24, 2.45) is 0 Å². The number of carboxylic acid groups (broad SMARTS) is 1. The van der Waals surface area contributed by atoms with Gasteiger partial charge in [-0.2, -0.15) is 5.10 Å². The molecule has 1 aromatic carbocycles. The van der Waals surface area contributed by atoms with Crippen LogP contribution < -0.4 is 4.74 Å². The second-order valence-corrected chi connectivity index (χ2v) is 3.29. The van der Waals surface area contributed by atoms with Crippen molar-refractivity contribution in [3.63, 3.8) is 0 Å². The zero-order chi connectivity index (χ0) is 12.4. The Morgan fingerprint density at radius 1 is 1.53 bits per heavy atom. The van der Waals surface area contributed by atoms with Gasteiger partial charge in [-0.3, -0.25) is 5.10 Å². The number of hydrogen-bond acceptors (Lipinski definition) is 3. The van der Waals surface area contributed by atoms with E-state index in [2.05, 4.69) is 10.2 Å². The summed E-state index contributed by atoms with van der Waals surface area (Å²) in [6, 6.07) is 5.68. The summed E-state index contributed by atoms with van der Waals surface area (Å²) < 4.78 is 18.3. The fourth-order valence-corrected chi connectivity index (χ4v) is 1.49. The summed E-state index contributed by atoms with van der Waals surface area (Å²) in [4.78, 5) is 10.7. The first-order valence-electron chi connectivity index (χ1n) is 4.75. The quantitative estimate of drug-likeness (QED) is 0.853. The van der Waals surface area contributed by atoms with Crippen molar-refractivity contribution >= 4 is 5.97 Å². The number of carbonyl (C=O) groups is 1. The monoisotopic (exact) mass is 236 g/mol. The average Bonchev–Trinajstić information content (AvgIpc) is 2.77. The minimum absolute atomic E-state index is 0.0379. The molecule has 0 bridgehead atoms. The molecule has 0 atom stereocenters. The fourth-order valence-electron chi connectivity index (χ4n) is 1.49. The van der Waals surface area contributed by atoms with Crippen molar-refractivity contribution in [2.75, 3.05) is 7.11 Å². The number of benzene rings is 1. The first-order chi connectivity index (χ1) is 8.13. The van der Waals surface area contributed by atoms with Crippen LogP contribution in [0.15, 0.2) is 24.3 Å². The summed E-state index contributed by atoms with van der Waals surface area (Å²) in [6.45, 7) is 0. The number of nitrogens with zero attached hydrogens (tertiary/aromatic N) is 1. The third-order valence-electron chi connectivity index (χ3n) is 2.26. The Kier molecular flexibility index (Phi) is 2.78. The molecule has 5 nitrogen and oxygen atoms in total. The average molecular weight is 236 g/mol. The third-order valence-corrected chi connectivity index (χ3v) is 2.26. The molecule has 0 aliphatic rings. The summed E-state index contributed by atoms with van der Waals surface area (Å²) in [5.41, 5.74) is 0.654. The number of halogens is 1. The molecule has 0 unspecified atom stereocenters. The van der Waals surface area contributed by atoms with E-state index in [1.54, 1.807) is 6.07 Å². The van der Waals surface area contributed by atoms with Gasteiger partial charge in [-0.15, -0.1) is 0 Å². The highest BCUT2D eigenvalue weighted by Gasteiger charge is 2.15. The van der Waals surface area contributed by atoms with Crippen LogP contribution in [0.1, 0.15) is 10.5 Å². The Hall–Kier alpha value is -2.37. The van der Waals surface area contributed by atoms with Crippen molar-refractivity contribution in [1.82, 2.24) is 10.2 Å². The number of aromatic amines is 1. The Morgan fingerprint density at radius 2 is 2.29 bits per heavy atom. The highest BCUT2D eigenvalue weighted by atomic mass is 19.1. The number of para-hydroxylation sites is 1. The number of aromatic carboxylic acids is 1. The number of H-pyrrole nitrogens is 1. The Balaban J connectivity index is 2.52. The first kappa shape index (κ1) is 11.1. The maximum Gasteiger partial charge on any atom is 0.353 e. The molecule has 0 amide bonds. The SMILES string of the molecule is COc1c(F)cccc1-c1cc(C(=O)O)[nH]n1. The van der Waals surface area contributed by atoms with Gasteiger partial charge in [0.05, 0.1) is 12.8 Å². The number of carboxylic acids is 1. The minimum atomic E-state index is -1.13. The van der Waals surface area contributed by atoms with E-state index in [9.17, 15) is 9.18 Å². The maximum absolute atomic E-state index is 13.4. The van der Waals surface area contributed by atoms with Gasteiger partial charge in [0, 0.05) is 5.56 Å². The van der Waals surface area contributed by atoms with Crippen LogP contribution in [0.2, 0.25) is 0 Å². The standard InChI is InChI=1S/C11H9FN2O3/c1-17-10-6(3-2-4-7(10)12)8-5-9(11(15)16)14-13-8/h2-5H,1H3,(H,13,14)(H,15,16). The predicted molar refractivity (Wildman–Crippen MR) is 57.5 cm³/mol. The molecule has 0 saturated carbocycles. The normalized spacial score (nSPS) is 10.2. The van der Waals surface area contributed by atoms with Crippen LogP contribution >= 0.6 is 0 Å². The van der Waals surface area contributed by atoms with E-state index in [1.165, 1.54) is 25.3 Å². The molecule has 1 heterocycles. The van der Waals surface area contributed by atoms with Gasteiger partial charge in [-0.25, -0.2) is 9.18 Å². The molecule has 2 rings (SSSR count). The van der Waals surface area contributed by atoms with Crippen molar-refractivity contribution in [3.8, 4) is 17.0 Å². The van der Waals surface area contributed by atoms with Crippen LogP contribution in [0.5, 0.6) is 5.75 Å². The number of methoxy groups -OCH3 is 1. The molecule has 0 saturated heterocycles. The molecule has 0 fully saturated rings. The summed E-state index contributed by atoms with van der Waals surface area (Å²) in [5.74, 6) is -1.61. The van der Waals surface area contributed by atoms with Crippen LogP contribution in [0.25, 0.3) is 11.3 Å². The topological polar surface area (TPSA) is 75.2 Å². The third kappa shape index (κ3) is 1.96. The van der Waals surface area contributed by atoms with Crippen LogP contribution in [-0.2, 0) is 0 Å². The van der Waals surface area contributed by atoms with E-state index in [1.807, 2.05) is 0 Å². The van der Waals surface area contributed by atoms with E-state index in [-0.39, 0.29) is 11.4 Å².